The van der Waals surface area contributed by atoms with Gasteiger partial charge in [-0.3, -0.25) is 29.0 Å². The number of amidine groups is 1. The van der Waals surface area contributed by atoms with E-state index in [0.717, 1.165) is 25.7 Å². The van der Waals surface area contributed by atoms with E-state index in [4.69, 9.17) is 16.2 Å². The summed E-state index contributed by atoms with van der Waals surface area (Å²) in [6, 6.07) is 8.98. The van der Waals surface area contributed by atoms with Crippen molar-refractivity contribution in [2.45, 2.75) is 118 Å². The molecule has 1 aliphatic heterocycles. The second-order valence-electron chi connectivity index (χ2n) is 17.0. The molecule has 1 heterocycles. The van der Waals surface area contributed by atoms with E-state index < -0.39 is 41.9 Å². The number of unbranched alkanes of at least 4 members (excludes halogenated alkanes) is 2. The Hall–Kier alpha value is -7.31. The zero-order valence-corrected chi connectivity index (χ0v) is 40.9. The number of allylic oxidation sites excluding steroid dienone is 1. The molecule has 0 aliphatic carbocycles. The number of fused-ring (bicyclic) bond motifs is 1. The number of nitrogens with zero attached hydrogens (tertiary/aromatic N) is 3. The zero-order valence-electron chi connectivity index (χ0n) is 40.9. The van der Waals surface area contributed by atoms with Gasteiger partial charge in [0.25, 0.3) is 5.91 Å². The third kappa shape index (κ3) is 19.8. The summed E-state index contributed by atoms with van der Waals surface area (Å²) in [4.78, 5) is 100. The minimum absolute atomic E-state index is 0.0102. The molecule has 8 amide bonds. The number of benzene rings is 2. The van der Waals surface area contributed by atoms with Gasteiger partial charge in [0.05, 0.1) is 5.69 Å². The lowest BCUT2D eigenvalue weighted by atomic mass is 10.0. The average molecular weight is 954 g/mol. The average Bonchev–Trinajstić information content (AvgIpc) is 3.47. The molecule has 0 saturated carbocycles. The third-order valence-electron chi connectivity index (χ3n) is 10.7. The molecule has 0 spiro atoms. The van der Waals surface area contributed by atoms with Crippen LogP contribution in [0.25, 0.3) is 6.08 Å². The Kier molecular flexibility index (Phi) is 23.9. The topological polar surface area (TPSA) is 281 Å². The second kappa shape index (κ2) is 29.4. The van der Waals surface area contributed by atoms with Gasteiger partial charge >= 0.3 is 12.1 Å². The van der Waals surface area contributed by atoms with Crippen LogP contribution >= 0.6 is 0 Å². The van der Waals surface area contributed by atoms with E-state index in [1.165, 1.54) is 6.20 Å². The molecule has 19 nitrogen and oxygen atoms in total. The minimum atomic E-state index is -1.00. The van der Waals surface area contributed by atoms with Crippen molar-refractivity contribution in [3.8, 4) is 0 Å². The van der Waals surface area contributed by atoms with Gasteiger partial charge in [-0.1, -0.05) is 65.7 Å². The van der Waals surface area contributed by atoms with E-state index >= 15 is 0 Å². The van der Waals surface area contributed by atoms with E-state index in [1.54, 1.807) is 75.4 Å². The fourth-order valence-electron chi connectivity index (χ4n) is 7.20. The summed E-state index contributed by atoms with van der Waals surface area (Å²) in [5.74, 6) is -1.74. The highest BCUT2D eigenvalue weighted by Crippen LogP contribution is 2.29. The van der Waals surface area contributed by atoms with Crippen molar-refractivity contribution >= 4 is 71.7 Å². The lowest BCUT2D eigenvalue weighted by Gasteiger charge is -2.25. The molecule has 69 heavy (non-hydrogen) atoms. The fourth-order valence-corrected chi connectivity index (χ4v) is 7.20. The van der Waals surface area contributed by atoms with Gasteiger partial charge in [-0.05, 0) is 99.2 Å². The Labute approximate surface area is 405 Å². The Morgan fingerprint density at radius 1 is 0.913 bits per heavy atom. The largest absolute Gasteiger partial charge is 0.445 e. The van der Waals surface area contributed by atoms with Gasteiger partial charge in [0.2, 0.25) is 23.6 Å². The van der Waals surface area contributed by atoms with E-state index in [9.17, 15) is 33.6 Å². The normalized spacial score (nSPS) is 13.3. The SMILES string of the molecule is C=N/C=C(\C=C(/C)NC(=O)c1ccc2c(c1)N=C(N)CC(C(=O)N(CCC)CCC)=C2)CNC(=O)OCc1ccc(NC(=O)[C@H](CCCNC(N)=O)NC(=O)[C@@H](NC(=O)CCCCC)C(C)C)cc1. The maximum atomic E-state index is 13.5. The Morgan fingerprint density at radius 2 is 1.62 bits per heavy atom. The van der Waals surface area contributed by atoms with Gasteiger partial charge in [-0.15, -0.1) is 0 Å². The zero-order chi connectivity index (χ0) is 50.9. The molecule has 19 heteroatoms. The maximum Gasteiger partial charge on any atom is 0.407 e. The van der Waals surface area contributed by atoms with Crippen molar-refractivity contribution in [1.82, 2.24) is 31.5 Å². The highest BCUT2D eigenvalue weighted by Gasteiger charge is 2.29. The van der Waals surface area contributed by atoms with Crippen LogP contribution in [0.3, 0.4) is 0 Å². The summed E-state index contributed by atoms with van der Waals surface area (Å²) in [7, 11) is 0. The predicted octanol–water partition coefficient (Wildman–Crippen LogP) is 5.85. The fraction of sp³-hybridized carbons (Fsp3) is 0.460. The number of ether oxygens (including phenoxy) is 1. The van der Waals surface area contributed by atoms with Crippen LogP contribution in [0.15, 0.2) is 81.6 Å². The molecule has 1 aliphatic rings. The molecule has 0 fully saturated rings. The summed E-state index contributed by atoms with van der Waals surface area (Å²) < 4.78 is 5.41. The number of primary amides is 1. The second-order valence-corrected chi connectivity index (χ2v) is 17.0. The number of aliphatic imine (C=N–C) groups is 2. The van der Waals surface area contributed by atoms with Crippen molar-refractivity contribution in [1.29, 1.82) is 0 Å². The van der Waals surface area contributed by atoms with Crippen molar-refractivity contribution in [3.05, 3.63) is 88.3 Å². The van der Waals surface area contributed by atoms with Crippen molar-refractivity contribution in [2.75, 3.05) is 31.5 Å². The van der Waals surface area contributed by atoms with E-state index in [-0.39, 0.29) is 56.1 Å². The number of nitrogens with one attached hydrogen (secondary N) is 6. The molecule has 2 aromatic carbocycles. The van der Waals surface area contributed by atoms with Crippen LogP contribution in [-0.4, -0.2) is 97.4 Å². The molecule has 2 atom stereocenters. The van der Waals surface area contributed by atoms with Crippen LogP contribution in [0.1, 0.15) is 121 Å². The van der Waals surface area contributed by atoms with Crippen LogP contribution in [0, 0.1) is 5.92 Å². The number of rotatable bonds is 27. The number of hydrogen-bond donors (Lipinski definition) is 8. The molecule has 374 valence electrons. The first-order chi connectivity index (χ1) is 33.0. The Balaban J connectivity index is 1.58. The van der Waals surface area contributed by atoms with Crippen LogP contribution in [0.2, 0.25) is 0 Å². The van der Waals surface area contributed by atoms with Gasteiger partial charge in [0.15, 0.2) is 0 Å². The molecule has 0 bridgehead atoms. The van der Waals surface area contributed by atoms with Crippen LogP contribution in [0.5, 0.6) is 0 Å². The smallest absolute Gasteiger partial charge is 0.407 e. The molecule has 3 rings (SSSR count). The first-order valence-corrected chi connectivity index (χ1v) is 23.5. The molecule has 0 aromatic heterocycles. The number of carbonyl (C=O) groups excluding carboxylic acids is 7. The molecule has 0 saturated heterocycles. The van der Waals surface area contributed by atoms with Crippen LogP contribution < -0.4 is 43.4 Å². The molecule has 2 aromatic rings. The van der Waals surface area contributed by atoms with Gasteiger partial charge in [-0.25, -0.2) is 14.6 Å². The van der Waals surface area contributed by atoms with Crippen LogP contribution in [-0.2, 0) is 30.5 Å². The number of nitrogens with two attached hydrogens (primary N) is 2. The maximum absolute atomic E-state index is 13.5. The van der Waals surface area contributed by atoms with Crippen LogP contribution in [0.4, 0.5) is 21.0 Å². The minimum Gasteiger partial charge on any atom is -0.445 e. The van der Waals surface area contributed by atoms with Crippen molar-refractivity contribution in [2.24, 2.45) is 27.4 Å². The number of hydrogen-bond acceptors (Lipinski definition) is 11. The molecule has 0 radical (unpaired) electrons. The van der Waals surface area contributed by atoms with Crippen molar-refractivity contribution < 1.29 is 38.3 Å². The molecule has 10 N–H and O–H groups in total. The van der Waals surface area contributed by atoms with E-state index in [0.29, 0.717) is 77.3 Å². The summed E-state index contributed by atoms with van der Waals surface area (Å²) in [6.45, 7) is 16.2. The molecular weight excluding hydrogens is 883 g/mol. The van der Waals surface area contributed by atoms with Gasteiger partial charge in [0, 0.05) is 73.3 Å². The van der Waals surface area contributed by atoms with E-state index in [1.807, 2.05) is 25.7 Å². The highest BCUT2D eigenvalue weighted by molar-refractivity contribution is 6.06. The Bertz CT molecular complexity index is 2250. The summed E-state index contributed by atoms with van der Waals surface area (Å²) >= 11 is 0. The standard InChI is InChI=1S/C50H71N11O8/c1-8-11-12-15-43(62)60-44(32(4)5)47(65)59-40(14-13-22-54-49(52)67)46(64)57-39-20-16-34(17-21-39)31-69-50(68)55-30-35(29-53-7)25-33(6)56-45(63)37-19-18-36-26-38(28-42(51)58-41(36)27-37)48(66)61(23-9-2)24-10-3/h16-21,25-27,29,32,40,44H,7-15,22-24,28,30-31H2,1-6H3,(H2,51,58)(H,55,68)(H,56,63)(H,57,64)(H,59,65)(H,60,62)(H3,52,54,67)/b33-25+,35-29+/t40-,44-/m0/s1. The van der Waals surface area contributed by atoms with Gasteiger partial charge in [0.1, 0.15) is 24.5 Å². The highest BCUT2D eigenvalue weighted by atomic mass is 16.5. The number of anilines is 1. The lowest BCUT2D eigenvalue weighted by molar-refractivity contribution is -0.132. The number of urea groups is 1. The monoisotopic (exact) mass is 954 g/mol. The first kappa shape index (κ1) is 56.0. The van der Waals surface area contributed by atoms with Crippen molar-refractivity contribution in [3.63, 3.8) is 0 Å². The van der Waals surface area contributed by atoms with Gasteiger partial charge in [-0.2, -0.15) is 0 Å². The van der Waals surface area contributed by atoms with E-state index in [2.05, 4.69) is 48.6 Å². The van der Waals surface area contributed by atoms with Gasteiger partial charge < -0.3 is 53.0 Å². The third-order valence-corrected chi connectivity index (χ3v) is 10.7. The quantitative estimate of drug-likeness (QED) is 0.0303. The summed E-state index contributed by atoms with van der Waals surface area (Å²) in [5, 5.41) is 16.3. The summed E-state index contributed by atoms with van der Waals surface area (Å²) in [5.41, 5.74) is 15.4. The lowest BCUT2D eigenvalue weighted by Crippen LogP contribution is -2.54. The summed E-state index contributed by atoms with van der Waals surface area (Å²) in [6.07, 6.45) is 9.31. The predicted molar refractivity (Wildman–Crippen MR) is 269 cm³/mol. The number of alkyl carbamates (subject to hydrolysis) is 1. The first-order valence-electron chi connectivity index (χ1n) is 23.5. The molecule has 0 unspecified atom stereocenters. The number of amides is 8. The number of carbonyl (C=O) groups is 7. The molecular formula is C50H71N11O8. The Morgan fingerprint density at radius 3 is 2.26 bits per heavy atom.